The summed E-state index contributed by atoms with van der Waals surface area (Å²) in [5, 5.41) is 2.22. The molecule has 0 unspecified atom stereocenters. The maximum atomic E-state index is 13.4. The van der Waals surface area contributed by atoms with Crippen molar-refractivity contribution in [3.63, 3.8) is 0 Å². The molecule has 0 bridgehead atoms. The Labute approximate surface area is 102 Å². The maximum absolute atomic E-state index is 13.4. The average molecular weight is 261 g/mol. The fraction of sp³-hybridized carbons (Fsp3) is 0.200. The summed E-state index contributed by atoms with van der Waals surface area (Å²) in [6.07, 6.45) is -0.937. The fourth-order valence-corrected chi connectivity index (χ4v) is 1.27. The van der Waals surface area contributed by atoms with Gasteiger partial charge in [-0.2, -0.15) is 0 Å². The van der Waals surface area contributed by atoms with Crippen molar-refractivity contribution in [3.05, 3.63) is 34.6 Å². The van der Waals surface area contributed by atoms with Gasteiger partial charge in [0, 0.05) is 0 Å². The number of amides is 2. The van der Waals surface area contributed by atoms with Gasteiger partial charge < -0.3 is 15.8 Å². The largest absolute Gasteiger partial charge is 0.448 e. The highest BCUT2D eigenvalue weighted by Gasteiger charge is 2.13. The minimum absolute atomic E-state index is 0.0354. The molecule has 2 amide bonds. The van der Waals surface area contributed by atoms with Gasteiger partial charge in [-0.15, -0.1) is 0 Å². The zero-order valence-corrected chi connectivity index (χ0v) is 9.46. The molecule has 17 heavy (non-hydrogen) atoms. The van der Waals surface area contributed by atoms with E-state index in [0.717, 1.165) is 0 Å². The Morgan fingerprint density at radius 2 is 2.18 bits per heavy atom. The van der Waals surface area contributed by atoms with Gasteiger partial charge in [-0.05, 0) is 12.1 Å². The molecule has 92 valence electrons. The van der Waals surface area contributed by atoms with Gasteiger partial charge in [-0.3, -0.25) is 4.79 Å². The van der Waals surface area contributed by atoms with Crippen LogP contribution in [0.15, 0.2) is 18.2 Å². The number of hydrogen-bond donors (Lipinski definition) is 2. The number of carbonyl (C=O) groups is 2. The zero-order chi connectivity index (χ0) is 12.8. The van der Waals surface area contributed by atoms with Crippen molar-refractivity contribution in [1.29, 1.82) is 0 Å². The summed E-state index contributed by atoms with van der Waals surface area (Å²) in [7, 11) is 0. The van der Waals surface area contributed by atoms with Crippen LogP contribution in [0.1, 0.15) is 10.4 Å². The van der Waals surface area contributed by atoms with Crippen molar-refractivity contribution >= 4 is 23.6 Å². The molecule has 0 aliphatic carbocycles. The lowest BCUT2D eigenvalue weighted by Gasteiger charge is -2.06. The van der Waals surface area contributed by atoms with Crippen LogP contribution in [0.4, 0.5) is 9.18 Å². The molecule has 1 aromatic rings. The van der Waals surface area contributed by atoms with Crippen molar-refractivity contribution < 1.29 is 18.7 Å². The van der Waals surface area contributed by atoms with Crippen LogP contribution in [0.5, 0.6) is 0 Å². The van der Waals surface area contributed by atoms with Crippen LogP contribution in [-0.4, -0.2) is 25.2 Å². The molecule has 0 radical (unpaired) electrons. The summed E-state index contributed by atoms with van der Waals surface area (Å²) in [6.45, 7) is -0.0447. The molecular weight excluding hydrogens is 251 g/mol. The molecular formula is C10H10ClFN2O3. The lowest BCUT2D eigenvalue weighted by Crippen LogP contribution is -2.29. The van der Waals surface area contributed by atoms with Crippen LogP contribution in [0.2, 0.25) is 5.02 Å². The molecule has 1 aromatic carbocycles. The van der Waals surface area contributed by atoms with E-state index in [-0.39, 0.29) is 23.7 Å². The van der Waals surface area contributed by atoms with Crippen LogP contribution >= 0.6 is 11.6 Å². The summed E-state index contributed by atoms with van der Waals surface area (Å²) >= 11 is 5.52. The molecule has 0 heterocycles. The van der Waals surface area contributed by atoms with Gasteiger partial charge in [0.25, 0.3) is 5.91 Å². The van der Waals surface area contributed by atoms with Gasteiger partial charge in [0.2, 0.25) is 0 Å². The zero-order valence-electron chi connectivity index (χ0n) is 8.70. The number of ether oxygens (including phenoxy) is 1. The number of benzene rings is 1. The number of halogens is 2. The number of nitrogens with one attached hydrogen (secondary N) is 1. The summed E-state index contributed by atoms with van der Waals surface area (Å²) in [6, 6.07) is 4.09. The molecule has 0 saturated heterocycles. The lowest BCUT2D eigenvalue weighted by molar-refractivity contribution is 0.0933. The number of hydrogen-bond acceptors (Lipinski definition) is 3. The van der Waals surface area contributed by atoms with Gasteiger partial charge >= 0.3 is 6.09 Å². The van der Waals surface area contributed by atoms with E-state index < -0.39 is 17.8 Å². The van der Waals surface area contributed by atoms with Gasteiger partial charge in [0.05, 0.1) is 17.1 Å². The van der Waals surface area contributed by atoms with Gasteiger partial charge in [-0.25, -0.2) is 9.18 Å². The van der Waals surface area contributed by atoms with Crippen molar-refractivity contribution in [2.24, 2.45) is 5.73 Å². The molecule has 0 aromatic heterocycles. The first-order valence-corrected chi connectivity index (χ1v) is 5.04. The van der Waals surface area contributed by atoms with Crippen LogP contribution in [-0.2, 0) is 4.74 Å². The third-order valence-corrected chi connectivity index (χ3v) is 2.12. The Bertz CT molecular complexity index is 440. The fourth-order valence-electron chi connectivity index (χ4n) is 1.09. The van der Waals surface area contributed by atoms with E-state index in [1.54, 1.807) is 0 Å². The minimum Gasteiger partial charge on any atom is -0.448 e. The van der Waals surface area contributed by atoms with Crippen LogP contribution in [0.25, 0.3) is 0 Å². The molecule has 0 atom stereocenters. The Morgan fingerprint density at radius 1 is 1.47 bits per heavy atom. The standard InChI is InChI=1S/C10H10ClFN2O3/c11-7-3-1-2-6(8(7)12)9(15)14-4-5-17-10(13)16/h1-3H,4-5H2,(H2,13,16)(H,14,15). The van der Waals surface area contributed by atoms with Gasteiger partial charge in [-0.1, -0.05) is 17.7 Å². The topological polar surface area (TPSA) is 81.4 Å². The molecule has 0 aliphatic heterocycles. The lowest BCUT2D eigenvalue weighted by atomic mass is 10.2. The quantitative estimate of drug-likeness (QED) is 0.801. The predicted molar refractivity (Wildman–Crippen MR) is 59.3 cm³/mol. The first-order chi connectivity index (χ1) is 8.02. The van der Waals surface area contributed by atoms with Gasteiger partial charge in [0.1, 0.15) is 6.61 Å². The summed E-state index contributed by atoms with van der Waals surface area (Å²) in [4.78, 5) is 21.7. The third-order valence-electron chi connectivity index (χ3n) is 1.83. The molecule has 0 saturated carbocycles. The summed E-state index contributed by atoms with van der Waals surface area (Å²) < 4.78 is 17.8. The van der Waals surface area contributed by atoms with E-state index in [4.69, 9.17) is 17.3 Å². The molecule has 0 spiro atoms. The maximum Gasteiger partial charge on any atom is 0.404 e. The first-order valence-electron chi connectivity index (χ1n) is 4.67. The van der Waals surface area contributed by atoms with Crippen LogP contribution in [0, 0.1) is 5.82 Å². The molecule has 1 rings (SSSR count). The summed E-state index contributed by atoms with van der Waals surface area (Å²) in [5.74, 6) is -1.43. The predicted octanol–water partition coefficient (Wildman–Crippen LogP) is 1.30. The van der Waals surface area contributed by atoms with E-state index in [0.29, 0.717) is 0 Å². The number of rotatable bonds is 4. The van der Waals surface area contributed by atoms with E-state index in [1.165, 1.54) is 18.2 Å². The molecule has 5 nitrogen and oxygen atoms in total. The first kappa shape index (κ1) is 13.2. The highest BCUT2D eigenvalue weighted by molar-refractivity contribution is 6.31. The molecule has 3 N–H and O–H groups in total. The van der Waals surface area contributed by atoms with E-state index >= 15 is 0 Å². The minimum atomic E-state index is -0.937. The molecule has 0 fully saturated rings. The van der Waals surface area contributed by atoms with Crippen LogP contribution < -0.4 is 11.1 Å². The molecule has 0 aliphatic rings. The van der Waals surface area contributed by atoms with Gasteiger partial charge in [0.15, 0.2) is 5.82 Å². The number of nitrogens with two attached hydrogens (primary N) is 1. The van der Waals surface area contributed by atoms with Crippen molar-refractivity contribution in [3.8, 4) is 0 Å². The summed E-state index contributed by atoms with van der Waals surface area (Å²) in [5.41, 5.74) is 4.54. The SMILES string of the molecule is NC(=O)OCCNC(=O)c1cccc(Cl)c1F. The number of carbonyl (C=O) groups excluding carboxylic acids is 2. The van der Waals surface area contributed by atoms with Crippen molar-refractivity contribution in [2.75, 3.05) is 13.2 Å². The van der Waals surface area contributed by atoms with Crippen LogP contribution in [0.3, 0.4) is 0 Å². The van der Waals surface area contributed by atoms with Crippen molar-refractivity contribution in [2.45, 2.75) is 0 Å². The highest BCUT2D eigenvalue weighted by atomic mass is 35.5. The monoisotopic (exact) mass is 260 g/mol. The Kier molecular flexibility index (Phi) is 4.71. The second kappa shape index (κ2) is 6.05. The van der Waals surface area contributed by atoms with E-state index in [9.17, 15) is 14.0 Å². The smallest absolute Gasteiger partial charge is 0.404 e. The average Bonchev–Trinajstić information content (AvgIpc) is 2.27. The second-order valence-electron chi connectivity index (χ2n) is 3.02. The number of primary amides is 1. The Hall–Kier alpha value is -1.82. The third kappa shape index (κ3) is 3.92. The second-order valence-corrected chi connectivity index (χ2v) is 3.43. The Balaban J connectivity index is 2.53. The van der Waals surface area contributed by atoms with Crippen molar-refractivity contribution in [1.82, 2.24) is 5.32 Å². The van der Waals surface area contributed by atoms with E-state index in [1.807, 2.05) is 0 Å². The highest BCUT2D eigenvalue weighted by Crippen LogP contribution is 2.17. The van der Waals surface area contributed by atoms with E-state index in [2.05, 4.69) is 10.1 Å². The Morgan fingerprint density at radius 3 is 2.82 bits per heavy atom. The molecule has 7 heteroatoms. The normalized spacial score (nSPS) is 9.76.